The molecule has 2 aliphatic rings. The monoisotopic (exact) mass is 458 g/mol. The molecule has 1 atom stereocenters. The maximum absolute atomic E-state index is 13.6. The van der Waals surface area contributed by atoms with E-state index >= 15 is 0 Å². The van der Waals surface area contributed by atoms with Gasteiger partial charge in [-0.25, -0.2) is 0 Å². The Morgan fingerprint density at radius 3 is 2.50 bits per heavy atom. The molecule has 0 saturated carbocycles. The van der Waals surface area contributed by atoms with Crippen molar-refractivity contribution in [2.24, 2.45) is 5.92 Å². The van der Waals surface area contributed by atoms with Gasteiger partial charge in [0, 0.05) is 12.6 Å². The molecule has 3 N–H and O–H groups in total. The van der Waals surface area contributed by atoms with Crippen LogP contribution in [0.5, 0.6) is 17.2 Å². The van der Waals surface area contributed by atoms with Crippen LogP contribution in [0.15, 0.2) is 60.7 Å². The van der Waals surface area contributed by atoms with E-state index in [9.17, 15) is 15.0 Å². The molecule has 0 aliphatic carbocycles. The summed E-state index contributed by atoms with van der Waals surface area (Å²) in [6, 6.07) is 18.2. The number of rotatable bonds is 5. The van der Waals surface area contributed by atoms with Crippen LogP contribution < -0.4 is 10.1 Å². The van der Waals surface area contributed by atoms with Crippen molar-refractivity contribution in [3.8, 4) is 17.2 Å². The van der Waals surface area contributed by atoms with Crippen LogP contribution in [0.2, 0.25) is 0 Å². The van der Waals surface area contributed by atoms with E-state index in [4.69, 9.17) is 4.74 Å². The minimum atomic E-state index is -0.269. The van der Waals surface area contributed by atoms with Gasteiger partial charge in [0.2, 0.25) is 0 Å². The van der Waals surface area contributed by atoms with Crippen molar-refractivity contribution in [1.29, 1.82) is 0 Å². The Labute approximate surface area is 199 Å². The number of phenols is 2. The number of nitrogens with zero attached hydrogens (tertiary/aromatic N) is 1. The summed E-state index contributed by atoms with van der Waals surface area (Å²) in [5.41, 5.74) is 4.71. The molecule has 0 aromatic heterocycles. The van der Waals surface area contributed by atoms with Crippen molar-refractivity contribution in [2.75, 3.05) is 20.2 Å². The van der Waals surface area contributed by atoms with Crippen LogP contribution in [-0.2, 0) is 13.0 Å². The fourth-order valence-electron chi connectivity index (χ4n) is 5.24. The Hall–Kier alpha value is -3.51. The van der Waals surface area contributed by atoms with Crippen molar-refractivity contribution >= 4 is 5.91 Å². The van der Waals surface area contributed by atoms with Crippen molar-refractivity contribution in [3.63, 3.8) is 0 Å². The normalized spacial score (nSPS) is 18.0. The number of aromatic hydroxyl groups is 2. The van der Waals surface area contributed by atoms with Crippen LogP contribution in [-0.4, -0.2) is 41.2 Å². The lowest BCUT2D eigenvalue weighted by Gasteiger charge is -2.26. The Morgan fingerprint density at radius 2 is 1.79 bits per heavy atom. The van der Waals surface area contributed by atoms with E-state index < -0.39 is 0 Å². The van der Waals surface area contributed by atoms with E-state index in [1.807, 2.05) is 24.3 Å². The van der Waals surface area contributed by atoms with Gasteiger partial charge in [-0.2, -0.15) is 0 Å². The smallest absolute Gasteiger partial charge is 0.258 e. The standard InChI is InChI=1S/C28H30N2O4/c1-34-23-6-3-20(4-7-23)27-24-8-2-19(14-18-10-12-29-13-11-18)15-21(24)17-30(27)28(33)25-9-5-22(31)16-26(25)32/h2-9,15-16,18,27,29,31-32H,10-14,17H2,1H3. The third-order valence-electron chi connectivity index (χ3n) is 7.04. The van der Waals surface area contributed by atoms with Gasteiger partial charge in [-0.15, -0.1) is 0 Å². The molecule has 6 heteroatoms. The minimum Gasteiger partial charge on any atom is -0.508 e. The summed E-state index contributed by atoms with van der Waals surface area (Å²) < 4.78 is 5.32. The van der Waals surface area contributed by atoms with Crippen LogP contribution in [0.1, 0.15) is 51.5 Å². The number of phenolic OH excluding ortho intramolecular Hbond substituents is 2. The van der Waals surface area contributed by atoms with Gasteiger partial charge in [0.05, 0.1) is 18.7 Å². The Morgan fingerprint density at radius 1 is 1.03 bits per heavy atom. The maximum atomic E-state index is 13.6. The van der Waals surface area contributed by atoms with E-state index in [0.717, 1.165) is 42.0 Å². The first-order chi connectivity index (χ1) is 16.5. The zero-order valence-electron chi connectivity index (χ0n) is 19.3. The maximum Gasteiger partial charge on any atom is 0.258 e. The van der Waals surface area contributed by atoms with Crippen LogP contribution in [0.4, 0.5) is 0 Å². The highest BCUT2D eigenvalue weighted by Crippen LogP contribution is 2.41. The summed E-state index contributed by atoms with van der Waals surface area (Å²) >= 11 is 0. The zero-order chi connectivity index (χ0) is 23.7. The van der Waals surface area contributed by atoms with Crippen molar-refractivity contribution < 1.29 is 19.7 Å². The average molecular weight is 459 g/mol. The zero-order valence-corrected chi connectivity index (χ0v) is 19.3. The molecule has 34 heavy (non-hydrogen) atoms. The van der Waals surface area contributed by atoms with Gasteiger partial charge in [0.1, 0.15) is 17.2 Å². The Balaban J connectivity index is 1.50. The number of hydrogen-bond acceptors (Lipinski definition) is 5. The topological polar surface area (TPSA) is 82.0 Å². The van der Waals surface area contributed by atoms with Gasteiger partial charge >= 0.3 is 0 Å². The largest absolute Gasteiger partial charge is 0.508 e. The second-order valence-electron chi connectivity index (χ2n) is 9.24. The van der Waals surface area contributed by atoms with Crippen molar-refractivity contribution in [2.45, 2.75) is 31.8 Å². The third-order valence-corrected chi connectivity index (χ3v) is 7.04. The fraction of sp³-hybridized carbons (Fsp3) is 0.321. The number of ether oxygens (including phenoxy) is 1. The molecular formula is C28H30N2O4. The van der Waals surface area contributed by atoms with Gasteiger partial charge in [-0.05, 0) is 84.8 Å². The second kappa shape index (κ2) is 9.39. The predicted octanol–water partition coefficient (Wildman–Crippen LogP) is 4.39. The van der Waals surface area contributed by atoms with E-state index in [-0.39, 0.29) is 29.0 Å². The number of amides is 1. The van der Waals surface area contributed by atoms with Gasteiger partial charge in [0.25, 0.3) is 5.91 Å². The van der Waals surface area contributed by atoms with Crippen molar-refractivity contribution in [3.05, 3.63) is 88.5 Å². The summed E-state index contributed by atoms with van der Waals surface area (Å²) in [4.78, 5) is 15.4. The van der Waals surface area contributed by atoms with E-state index in [0.29, 0.717) is 12.5 Å². The fourth-order valence-corrected chi connectivity index (χ4v) is 5.24. The number of carbonyl (C=O) groups excluding carboxylic acids is 1. The summed E-state index contributed by atoms with van der Waals surface area (Å²) in [6.07, 6.45) is 3.43. The third kappa shape index (κ3) is 4.33. The summed E-state index contributed by atoms with van der Waals surface area (Å²) in [5, 5.41) is 23.5. The van der Waals surface area contributed by atoms with Gasteiger partial charge in [-0.3, -0.25) is 4.79 Å². The number of nitrogens with one attached hydrogen (secondary N) is 1. The molecule has 6 nitrogen and oxygen atoms in total. The predicted molar refractivity (Wildman–Crippen MR) is 130 cm³/mol. The summed E-state index contributed by atoms with van der Waals surface area (Å²) in [7, 11) is 1.63. The van der Waals surface area contributed by atoms with Crippen molar-refractivity contribution in [1.82, 2.24) is 10.2 Å². The molecule has 0 radical (unpaired) electrons. The lowest BCUT2D eigenvalue weighted by atomic mass is 9.89. The Kier molecular flexibility index (Phi) is 6.16. The number of benzene rings is 3. The molecule has 1 fully saturated rings. The minimum absolute atomic E-state index is 0.0759. The molecule has 3 aromatic carbocycles. The lowest BCUT2D eigenvalue weighted by molar-refractivity contribution is 0.0715. The number of carbonyl (C=O) groups is 1. The van der Waals surface area contributed by atoms with Gasteiger partial charge < -0.3 is 25.2 Å². The van der Waals surface area contributed by atoms with E-state index in [1.165, 1.54) is 36.6 Å². The lowest BCUT2D eigenvalue weighted by Crippen LogP contribution is -2.30. The number of methoxy groups -OCH3 is 1. The molecule has 0 bridgehead atoms. The average Bonchev–Trinajstić information content (AvgIpc) is 3.23. The summed E-state index contributed by atoms with van der Waals surface area (Å²) in [5.74, 6) is 0.876. The first kappa shape index (κ1) is 22.3. The molecule has 3 aromatic rings. The highest BCUT2D eigenvalue weighted by Gasteiger charge is 2.36. The van der Waals surface area contributed by atoms with Gasteiger partial charge in [-0.1, -0.05) is 30.3 Å². The van der Waals surface area contributed by atoms with E-state index in [1.54, 1.807) is 12.0 Å². The molecule has 176 valence electrons. The number of hydrogen-bond donors (Lipinski definition) is 3. The molecule has 1 unspecified atom stereocenters. The molecule has 1 saturated heterocycles. The van der Waals surface area contributed by atoms with Crippen LogP contribution >= 0.6 is 0 Å². The first-order valence-corrected chi connectivity index (χ1v) is 11.8. The number of fused-ring (bicyclic) bond motifs is 1. The highest BCUT2D eigenvalue weighted by molar-refractivity contribution is 5.98. The summed E-state index contributed by atoms with van der Waals surface area (Å²) in [6.45, 7) is 2.62. The molecule has 2 heterocycles. The van der Waals surface area contributed by atoms with Crippen LogP contribution in [0.25, 0.3) is 0 Å². The molecule has 5 rings (SSSR count). The van der Waals surface area contributed by atoms with E-state index in [2.05, 4.69) is 23.5 Å². The Bertz CT molecular complexity index is 1190. The number of piperidine rings is 1. The molecule has 0 spiro atoms. The molecular weight excluding hydrogens is 428 g/mol. The van der Waals surface area contributed by atoms with Crippen LogP contribution in [0.3, 0.4) is 0 Å². The first-order valence-electron chi connectivity index (χ1n) is 11.8. The molecule has 2 aliphatic heterocycles. The van der Waals surface area contributed by atoms with Gasteiger partial charge in [0.15, 0.2) is 0 Å². The second-order valence-corrected chi connectivity index (χ2v) is 9.24. The quantitative estimate of drug-likeness (QED) is 0.528. The highest BCUT2D eigenvalue weighted by atomic mass is 16.5. The SMILES string of the molecule is COc1ccc(C2c3ccc(CC4CCNCC4)cc3CN2C(=O)c2ccc(O)cc2O)cc1. The van der Waals surface area contributed by atoms with Crippen LogP contribution in [0, 0.1) is 5.92 Å². The molecule has 1 amide bonds.